The Balaban J connectivity index is 1.33. The first-order valence-electron chi connectivity index (χ1n) is 14.5. The van der Waals surface area contributed by atoms with Crippen molar-refractivity contribution in [1.29, 1.82) is 0 Å². The summed E-state index contributed by atoms with van der Waals surface area (Å²) in [5.41, 5.74) is 5.75. The lowest BCUT2D eigenvalue weighted by Gasteiger charge is -2.37. The Kier molecular flexibility index (Phi) is 6.48. The van der Waals surface area contributed by atoms with Crippen LogP contribution in [-0.2, 0) is 0 Å². The Bertz CT molecular complexity index is 1990. The summed E-state index contributed by atoms with van der Waals surface area (Å²) in [6.07, 6.45) is 0. The fourth-order valence-electron chi connectivity index (χ4n) is 6.18. The van der Waals surface area contributed by atoms with Gasteiger partial charge in [-0.1, -0.05) is 128 Å². The van der Waals surface area contributed by atoms with Crippen molar-refractivity contribution in [3.8, 4) is 22.6 Å². The highest BCUT2D eigenvalue weighted by atomic mass is 32.2. The summed E-state index contributed by atoms with van der Waals surface area (Å²) < 4.78 is 6.84. The van der Waals surface area contributed by atoms with Crippen molar-refractivity contribution >= 4 is 59.0 Å². The van der Waals surface area contributed by atoms with E-state index in [2.05, 4.69) is 158 Å². The second-order valence-corrected chi connectivity index (χ2v) is 17.8. The molecule has 0 saturated heterocycles. The minimum atomic E-state index is -2.00. The molecule has 0 radical (unpaired) electrons. The normalized spacial score (nSPS) is 14.0. The summed E-state index contributed by atoms with van der Waals surface area (Å²) in [6.45, 7) is 4.87. The summed E-state index contributed by atoms with van der Waals surface area (Å²) in [7, 11) is -2.00. The first-order chi connectivity index (χ1) is 21.1. The van der Waals surface area contributed by atoms with Crippen molar-refractivity contribution < 1.29 is 4.74 Å². The van der Waals surface area contributed by atoms with Crippen LogP contribution in [0, 0.1) is 0 Å². The SMILES string of the molecule is C[Si]1(C)c2ccccc2Oc2c(N(c3ccc(-c4ccccc4)cc3)c3cccc4c3Sc3ccccc3S4)cccc21. The molecule has 2 aliphatic heterocycles. The number of hydrogen-bond acceptors (Lipinski definition) is 4. The van der Waals surface area contributed by atoms with Gasteiger partial charge in [0.2, 0.25) is 0 Å². The first kappa shape index (κ1) is 26.5. The highest BCUT2D eigenvalue weighted by Gasteiger charge is 2.38. The molecule has 6 aromatic rings. The van der Waals surface area contributed by atoms with Crippen molar-refractivity contribution in [2.75, 3.05) is 4.90 Å². The molecule has 2 heterocycles. The molecule has 0 N–H and O–H groups in total. The van der Waals surface area contributed by atoms with Crippen LogP contribution in [0.4, 0.5) is 17.1 Å². The zero-order valence-electron chi connectivity index (χ0n) is 24.0. The van der Waals surface area contributed by atoms with Crippen molar-refractivity contribution in [2.45, 2.75) is 32.7 Å². The van der Waals surface area contributed by atoms with Gasteiger partial charge in [-0.25, -0.2) is 0 Å². The zero-order valence-corrected chi connectivity index (χ0v) is 26.6. The van der Waals surface area contributed by atoms with Gasteiger partial charge in [0.25, 0.3) is 0 Å². The van der Waals surface area contributed by atoms with Gasteiger partial charge in [-0.3, -0.25) is 0 Å². The molecule has 5 heteroatoms. The van der Waals surface area contributed by atoms with Crippen molar-refractivity contribution in [1.82, 2.24) is 0 Å². The summed E-state index contributed by atoms with van der Waals surface area (Å²) in [5, 5.41) is 2.67. The average Bonchev–Trinajstić information content (AvgIpc) is 3.05. The fourth-order valence-corrected chi connectivity index (χ4v) is 11.4. The van der Waals surface area contributed by atoms with Crippen LogP contribution in [0.1, 0.15) is 0 Å². The number of ether oxygens (including phenoxy) is 1. The molecule has 0 bridgehead atoms. The predicted molar refractivity (Wildman–Crippen MR) is 185 cm³/mol. The second kappa shape index (κ2) is 10.5. The van der Waals surface area contributed by atoms with E-state index in [1.165, 1.54) is 41.1 Å². The van der Waals surface area contributed by atoms with Crippen LogP contribution in [0.5, 0.6) is 11.5 Å². The smallest absolute Gasteiger partial charge is 0.151 e. The molecule has 0 unspecified atom stereocenters. The third kappa shape index (κ3) is 4.51. The lowest BCUT2D eigenvalue weighted by molar-refractivity contribution is 0.487. The monoisotopic (exact) mass is 607 g/mol. The third-order valence-electron chi connectivity index (χ3n) is 8.39. The molecular weight excluding hydrogens is 579 g/mol. The Morgan fingerprint density at radius 3 is 1.93 bits per heavy atom. The number of benzene rings is 6. The molecule has 2 aliphatic rings. The lowest BCUT2D eigenvalue weighted by Crippen LogP contribution is -2.56. The van der Waals surface area contributed by atoms with Gasteiger partial charge in [0, 0.05) is 20.4 Å². The van der Waals surface area contributed by atoms with E-state index in [9.17, 15) is 0 Å². The van der Waals surface area contributed by atoms with Crippen molar-refractivity contribution in [2.24, 2.45) is 0 Å². The topological polar surface area (TPSA) is 12.5 Å². The van der Waals surface area contributed by atoms with Gasteiger partial charge in [0.15, 0.2) is 5.75 Å². The quantitative estimate of drug-likeness (QED) is 0.185. The molecule has 43 heavy (non-hydrogen) atoms. The molecule has 208 valence electrons. The maximum Gasteiger partial charge on any atom is 0.151 e. The number of anilines is 3. The van der Waals surface area contributed by atoms with E-state index >= 15 is 0 Å². The van der Waals surface area contributed by atoms with Crippen LogP contribution in [0.15, 0.2) is 159 Å². The standard InChI is InChI=1S/C38H29NOS2Si/c1-43(2)35-20-9-6-16-31(35)40-37-29(14-11-21-36(37)43)39(28-24-22-27(23-25-28)26-12-4-3-5-13-26)30-15-10-19-34-38(30)42-33-18-8-7-17-32(33)41-34/h3-25H,1-2H3. The molecule has 0 fully saturated rings. The maximum atomic E-state index is 6.84. The van der Waals surface area contributed by atoms with Crippen LogP contribution in [0.3, 0.4) is 0 Å². The summed E-state index contributed by atoms with van der Waals surface area (Å²) >= 11 is 3.71. The Hall–Kier alpha value is -4.16. The van der Waals surface area contributed by atoms with Crippen LogP contribution in [0.25, 0.3) is 11.1 Å². The Labute approximate surface area is 262 Å². The van der Waals surface area contributed by atoms with E-state index in [-0.39, 0.29) is 0 Å². The van der Waals surface area contributed by atoms with E-state index in [1.54, 1.807) is 0 Å². The van der Waals surface area contributed by atoms with Crippen molar-refractivity contribution in [3.05, 3.63) is 140 Å². The maximum absolute atomic E-state index is 6.84. The molecular formula is C38H29NOS2Si. The van der Waals surface area contributed by atoms with Gasteiger partial charge in [-0.2, -0.15) is 0 Å². The van der Waals surface area contributed by atoms with Gasteiger partial charge < -0.3 is 9.64 Å². The van der Waals surface area contributed by atoms with E-state index in [4.69, 9.17) is 4.74 Å². The fraction of sp³-hybridized carbons (Fsp3) is 0.0526. The van der Waals surface area contributed by atoms with Gasteiger partial charge in [0.05, 0.1) is 16.3 Å². The summed E-state index contributed by atoms with van der Waals surface area (Å²) in [6, 6.07) is 50.2. The van der Waals surface area contributed by atoms with Gasteiger partial charge in [-0.05, 0) is 70.0 Å². The van der Waals surface area contributed by atoms with Gasteiger partial charge in [-0.15, -0.1) is 0 Å². The first-order valence-corrected chi connectivity index (χ1v) is 19.2. The molecule has 6 aromatic carbocycles. The van der Waals surface area contributed by atoms with Gasteiger partial charge >= 0.3 is 0 Å². The molecule has 0 amide bonds. The van der Waals surface area contributed by atoms with Crippen LogP contribution < -0.4 is 20.0 Å². The number of hydrogen-bond donors (Lipinski definition) is 0. The molecule has 2 nitrogen and oxygen atoms in total. The summed E-state index contributed by atoms with van der Waals surface area (Å²) in [4.78, 5) is 7.55. The highest BCUT2D eigenvalue weighted by molar-refractivity contribution is 8.05. The van der Waals surface area contributed by atoms with E-state index < -0.39 is 8.07 Å². The minimum Gasteiger partial charge on any atom is -0.455 e. The van der Waals surface area contributed by atoms with Crippen molar-refractivity contribution in [3.63, 3.8) is 0 Å². The van der Waals surface area contributed by atoms with Crippen LogP contribution >= 0.6 is 23.5 Å². The van der Waals surface area contributed by atoms with E-state index in [0.717, 1.165) is 28.6 Å². The second-order valence-electron chi connectivity index (χ2n) is 11.4. The molecule has 0 spiro atoms. The largest absolute Gasteiger partial charge is 0.455 e. The number of rotatable bonds is 4. The highest BCUT2D eigenvalue weighted by Crippen LogP contribution is 2.54. The van der Waals surface area contributed by atoms with Gasteiger partial charge in [0.1, 0.15) is 13.8 Å². The zero-order chi connectivity index (χ0) is 29.0. The average molecular weight is 608 g/mol. The number of nitrogens with zero attached hydrogens (tertiary/aromatic N) is 1. The molecule has 8 rings (SSSR count). The number of fused-ring (bicyclic) bond motifs is 4. The number of para-hydroxylation sites is 2. The molecule has 0 aliphatic carbocycles. The molecule has 0 saturated carbocycles. The summed E-state index contributed by atoms with van der Waals surface area (Å²) in [5.74, 6) is 1.95. The van der Waals surface area contributed by atoms with Crippen LogP contribution in [0.2, 0.25) is 13.1 Å². The minimum absolute atomic E-state index is 0.969. The Morgan fingerprint density at radius 1 is 0.512 bits per heavy atom. The lowest BCUT2D eigenvalue weighted by atomic mass is 10.0. The molecule has 0 atom stereocenters. The predicted octanol–water partition coefficient (Wildman–Crippen LogP) is 10.4. The Morgan fingerprint density at radius 2 is 1.12 bits per heavy atom. The van der Waals surface area contributed by atoms with Crippen LogP contribution in [-0.4, -0.2) is 8.07 Å². The van der Waals surface area contributed by atoms with E-state index in [0.29, 0.717) is 0 Å². The third-order valence-corrected chi connectivity index (χ3v) is 14.5. The molecule has 0 aromatic heterocycles. The van der Waals surface area contributed by atoms with E-state index in [1.807, 2.05) is 23.5 Å².